The van der Waals surface area contributed by atoms with E-state index in [4.69, 9.17) is 0 Å². The first-order valence-electron chi connectivity index (χ1n) is 7.51. The predicted octanol–water partition coefficient (Wildman–Crippen LogP) is 2.32. The Morgan fingerprint density at radius 3 is 2.27 bits per heavy atom. The lowest BCUT2D eigenvalue weighted by atomic mass is 10.1. The minimum absolute atomic E-state index is 0.155. The van der Waals surface area contributed by atoms with Crippen LogP contribution in [-0.2, 0) is 13.1 Å². The number of nitrogens with zero attached hydrogens (tertiary/aromatic N) is 1. The molecule has 2 aromatic carbocycles. The number of carbonyl (C=O) groups is 1. The van der Waals surface area contributed by atoms with Crippen LogP contribution in [0.25, 0.3) is 0 Å². The molecule has 0 radical (unpaired) electrons. The zero-order chi connectivity index (χ0) is 15.5. The first-order chi connectivity index (χ1) is 10.6. The third-order valence-corrected chi connectivity index (χ3v) is 3.89. The minimum atomic E-state index is -0.536. The Kier molecular flexibility index (Phi) is 4.11. The van der Waals surface area contributed by atoms with E-state index in [-0.39, 0.29) is 12.5 Å². The lowest BCUT2D eigenvalue weighted by molar-refractivity contribution is 0.0924. The molecule has 3 rings (SSSR count). The van der Waals surface area contributed by atoms with Crippen molar-refractivity contribution in [2.24, 2.45) is 0 Å². The molecular weight excluding hydrogens is 276 g/mol. The highest BCUT2D eigenvalue weighted by molar-refractivity contribution is 5.94. The number of hydrogen-bond donors (Lipinski definition) is 2. The number of nitrogens with one attached hydrogen (secondary N) is 1. The Balaban J connectivity index is 1.67. The molecule has 0 saturated carbocycles. The average Bonchev–Trinajstić information content (AvgIpc) is 2.96. The van der Waals surface area contributed by atoms with E-state index in [1.807, 2.05) is 24.3 Å². The number of aliphatic hydroxyl groups excluding tert-OH is 1. The van der Waals surface area contributed by atoms with Gasteiger partial charge in [0.25, 0.3) is 5.91 Å². The molecule has 0 fully saturated rings. The van der Waals surface area contributed by atoms with E-state index in [1.54, 1.807) is 6.92 Å². The molecule has 0 saturated heterocycles. The van der Waals surface area contributed by atoms with E-state index in [9.17, 15) is 9.90 Å². The summed E-state index contributed by atoms with van der Waals surface area (Å²) in [6.07, 6.45) is -0.536. The van der Waals surface area contributed by atoms with E-state index in [0.717, 1.165) is 18.8 Å². The molecule has 114 valence electrons. The second kappa shape index (κ2) is 6.20. The van der Waals surface area contributed by atoms with E-state index in [2.05, 4.69) is 34.5 Å². The first kappa shape index (κ1) is 14.6. The molecule has 22 heavy (non-hydrogen) atoms. The van der Waals surface area contributed by atoms with Crippen LogP contribution in [0.1, 0.15) is 28.4 Å². The van der Waals surface area contributed by atoms with E-state index < -0.39 is 6.10 Å². The van der Waals surface area contributed by atoms with E-state index in [0.29, 0.717) is 5.56 Å². The average molecular weight is 296 g/mol. The van der Waals surface area contributed by atoms with Crippen molar-refractivity contribution in [2.75, 3.05) is 11.4 Å². The Bertz CT molecular complexity index is 640. The van der Waals surface area contributed by atoms with Crippen molar-refractivity contribution in [3.8, 4) is 0 Å². The normalized spacial score (nSPS) is 14.5. The van der Waals surface area contributed by atoms with Crippen LogP contribution in [0.4, 0.5) is 5.69 Å². The summed E-state index contributed by atoms with van der Waals surface area (Å²) in [5.41, 5.74) is 4.45. The van der Waals surface area contributed by atoms with Crippen LogP contribution in [0.2, 0.25) is 0 Å². The fourth-order valence-electron chi connectivity index (χ4n) is 2.68. The lowest BCUT2D eigenvalue weighted by Crippen LogP contribution is -2.30. The topological polar surface area (TPSA) is 52.6 Å². The summed E-state index contributed by atoms with van der Waals surface area (Å²) in [7, 11) is 0. The Hall–Kier alpha value is -2.33. The molecule has 1 atom stereocenters. The van der Waals surface area contributed by atoms with Crippen LogP contribution in [0.5, 0.6) is 0 Å². The van der Waals surface area contributed by atoms with Gasteiger partial charge in [0.1, 0.15) is 0 Å². The van der Waals surface area contributed by atoms with Gasteiger partial charge in [0, 0.05) is 30.9 Å². The SMILES string of the molecule is C[C@H](O)CNC(=O)c1ccc(N2Cc3ccccc3C2)cc1. The maximum Gasteiger partial charge on any atom is 0.251 e. The number of amides is 1. The van der Waals surface area contributed by atoms with Crippen LogP contribution in [0.3, 0.4) is 0 Å². The van der Waals surface area contributed by atoms with Crippen molar-refractivity contribution in [3.05, 3.63) is 65.2 Å². The van der Waals surface area contributed by atoms with Gasteiger partial charge in [0.15, 0.2) is 0 Å². The number of aliphatic hydroxyl groups is 1. The van der Waals surface area contributed by atoms with Gasteiger partial charge in [-0.3, -0.25) is 4.79 Å². The molecule has 0 bridgehead atoms. The number of anilines is 1. The van der Waals surface area contributed by atoms with Gasteiger partial charge in [-0.25, -0.2) is 0 Å². The maximum absolute atomic E-state index is 11.9. The van der Waals surface area contributed by atoms with Crippen LogP contribution in [0, 0.1) is 0 Å². The summed E-state index contributed by atoms with van der Waals surface area (Å²) in [4.78, 5) is 14.2. The van der Waals surface area contributed by atoms with E-state index >= 15 is 0 Å². The lowest BCUT2D eigenvalue weighted by Gasteiger charge is -2.18. The second-order valence-corrected chi connectivity index (χ2v) is 5.73. The quantitative estimate of drug-likeness (QED) is 0.910. The highest BCUT2D eigenvalue weighted by Crippen LogP contribution is 2.28. The molecule has 0 unspecified atom stereocenters. The number of rotatable bonds is 4. The zero-order valence-electron chi connectivity index (χ0n) is 12.6. The van der Waals surface area contributed by atoms with Crippen LogP contribution >= 0.6 is 0 Å². The van der Waals surface area contributed by atoms with Crippen LogP contribution in [-0.4, -0.2) is 23.7 Å². The van der Waals surface area contributed by atoms with Gasteiger partial charge in [0.05, 0.1) is 6.10 Å². The van der Waals surface area contributed by atoms with Gasteiger partial charge in [-0.15, -0.1) is 0 Å². The fraction of sp³-hybridized carbons (Fsp3) is 0.278. The molecule has 1 heterocycles. The highest BCUT2D eigenvalue weighted by Gasteiger charge is 2.18. The minimum Gasteiger partial charge on any atom is -0.392 e. The summed E-state index contributed by atoms with van der Waals surface area (Å²) in [6.45, 7) is 3.73. The molecule has 1 amide bonds. The maximum atomic E-state index is 11.9. The molecule has 4 heteroatoms. The third-order valence-electron chi connectivity index (χ3n) is 3.89. The molecule has 0 aliphatic carbocycles. The predicted molar refractivity (Wildman–Crippen MR) is 86.8 cm³/mol. The summed E-state index contributed by atoms with van der Waals surface area (Å²) in [6, 6.07) is 16.1. The van der Waals surface area contributed by atoms with Crippen LogP contribution < -0.4 is 10.2 Å². The Morgan fingerprint density at radius 1 is 1.14 bits per heavy atom. The van der Waals surface area contributed by atoms with Crippen molar-refractivity contribution in [1.82, 2.24) is 5.32 Å². The largest absolute Gasteiger partial charge is 0.392 e. The van der Waals surface area contributed by atoms with Gasteiger partial charge in [0.2, 0.25) is 0 Å². The molecule has 0 spiro atoms. The molecule has 2 N–H and O–H groups in total. The number of fused-ring (bicyclic) bond motifs is 1. The van der Waals surface area contributed by atoms with Gasteiger partial charge in [-0.2, -0.15) is 0 Å². The summed E-state index contributed by atoms with van der Waals surface area (Å²) < 4.78 is 0. The molecular formula is C18H20N2O2. The molecule has 0 aromatic heterocycles. The summed E-state index contributed by atoms with van der Waals surface area (Å²) in [5, 5.41) is 11.9. The van der Waals surface area contributed by atoms with Gasteiger partial charge < -0.3 is 15.3 Å². The van der Waals surface area contributed by atoms with Crippen molar-refractivity contribution < 1.29 is 9.90 Å². The van der Waals surface area contributed by atoms with Crippen molar-refractivity contribution >= 4 is 11.6 Å². The zero-order valence-corrected chi connectivity index (χ0v) is 12.6. The Labute approximate surface area is 130 Å². The number of carbonyl (C=O) groups excluding carboxylic acids is 1. The molecule has 2 aromatic rings. The fourth-order valence-corrected chi connectivity index (χ4v) is 2.68. The highest BCUT2D eigenvalue weighted by atomic mass is 16.3. The monoisotopic (exact) mass is 296 g/mol. The third kappa shape index (κ3) is 3.12. The Morgan fingerprint density at radius 2 is 1.73 bits per heavy atom. The number of hydrogen-bond acceptors (Lipinski definition) is 3. The van der Waals surface area contributed by atoms with Gasteiger partial charge >= 0.3 is 0 Å². The smallest absolute Gasteiger partial charge is 0.251 e. The number of benzene rings is 2. The summed E-state index contributed by atoms with van der Waals surface area (Å²) in [5.74, 6) is -0.155. The van der Waals surface area contributed by atoms with Crippen LogP contribution in [0.15, 0.2) is 48.5 Å². The van der Waals surface area contributed by atoms with Gasteiger partial charge in [-0.1, -0.05) is 24.3 Å². The molecule has 1 aliphatic rings. The van der Waals surface area contributed by atoms with Crippen molar-refractivity contribution in [3.63, 3.8) is 0 Å². The van der Waals surface area contributed by atoms with Gasteiger partial charge in [-0.05, 0) is 42.3 Å². The molecule has 1 aliphatic heterocycles. The second-order valence-electron chi connectivity index (χ2n) is 5.73. The van der Waals surface area contributed by atoms with Crippen molar-refractivity contribution in [1.29, 1.82) is 0 Å². The summed E-state index contributed by atoms with van der Waals surface area (Å²) >= 11 is 0. The van der Waals surface area contributed by atoms with Crippen molar-refractivity contribution in [2.45, 2.75) is 26.1 Å². The standard InChI is InChI=1S/C18H20N2O2/c1-13(21)10-19-18(22)14-6-8-17(9-7-14)20-11-15-4-2-3-5-16(15)12-20/h2-9,13,21H,10-12H2,1H3,(H,19,22)/t13-/m0/s1. The molecule has 4 nitrogen and oxygen atoms in total. The first-order valence-corrected chi connectivity index (χ1v) is 7.51. The van der Waals surface area contributed by atoms with E-state index in [1.165, 1.54) is 11.1 Å².